The van der Waals surface area contributed by atoms with Gasteiger partial charge in [-0.2, -0.15) is 0 Å². The Morgan fingerprint density at radius 2 is 2.06 bits per heavy atom. The molecule has 0 saturated carbocycles. The molecular weight excluding hydrogens is 238 g/mol. The van der Waals surface area contributed by atoms with E-state index in [-0.39, 0.29) is 17.0 Å². The number of phenols is 1. The Labute approximate surface area is 106 Å². The van der Waals surface area contributed by atoms with Gasteiger partial charge in [-0.25, -0.2) is 0 Å². The first-order valence-corrected chi connectivity index (χ1v) is 6.25. The van der Waals surface area contributed by atoms with Gasteiger partial charge in [0.1, 0.15) is 5.75 Å². The van der Waals surface area contributed by atoms with Crippen molar-refractivity contribution in [3.63, 3.8) is 0 Å². The number of phenolic OH excluding ortho intramolecular Hbond substituents is 1. The van der Waals surface area contributed by atoms with Gasteiger partial charge in [0.25, 0.3) is 5.91 Å². The second kappa shape index (κ2) is 4.96. The fourth-order valence-corrected chi connectivity index (χ4v) is 2.25. The van der Waals surface area contributed by atoms with Gasteiger partial charge in [0.2, 0.25) is 0 Å². The number of carbonyl (C=O) groups is 1. The molecular formula is C13H16ClNO2. The number of piperidine rings is 1. The standard InChI is InChI=1S/C13H16ClNO2/c1-9-3-2-4-11(12(9)16)13(17)15-7-5-10(14)6-8-15/h2-4,10,16H,5-8H2,1H3. The first kappa shape index (κ1) is 12.2. The lowest BCUT2D eigenvalue weighted by atomic mass is 10.1. The van der Waals surface area contributed by atoms with Gasteiger partial charge >= 0.3 is 0 Å². The number of benzene rings is 1. The van der Waals surface area contributed by atoms with Gasteiger partial charge < -0.3 is 10.0 Å². The number of amides is 1. The topological polar surface area (TPSA) is 40.5 Å². The summed E-state index contributed by atoms with van der Waals surface area (Å²) < 4.78 is 0. The van der Waals surface area contributed by atoms with E-state index in [0.717, 1.165) is 18.4 Å². The normalized spacial score (nSPS) is 17.2. The lowest BCUT2D eigenvalue weighted by Crippen LogP contribution is -2.38. The smallest absolute Gasteiger partial charge is 0.257 e. The van der Waals surface area contributed by atoms with Crippen LogP contribution < -0.4 is 0 Å². The molecule has 1 heterocycles. The number of nitrogens with zero attached hydrogens (tertiary/aromatic N) is 1. The van der Waals surface area contributed by atoms with Crippen molar-refractivity contribution in [2.75, 3.05) is 13.1 Å². The van der Waals surface area contributed by atoms with Crippen molar-refractivity contribution in [3.8, 4) is 5.75 Å². The zero-order valence-electron chi connectivity index (χ0n) is 9.82. The number of aromatic hydroxyl groups is 1. The summed E-state index contributed by atoms with van der Waals surface area (Å²) in [6.45, 7) is 3.12. The Hall–Kier alpha value is -1.22. The first-order valence-electron chi connectivity index (χ1n) is 5.81. The summed E-state index contributed by atoms with van der Waals surface area (Å²) in [5, 5.41) is 10.0. The second-order valence-corrected chi connectivity index (χ2v) is 5.06. The van der Waals surface area contributed by atoms with E-state index in [1.165, 1.54) is 0 Å². The summed E-state index contributed by atoms with van der Waals surface area (Å²) in [4.78, 5) is 14.0. The summed E-state index contributed by atoms with van der Waals surface area (Å²) in [5.74, 6) is -0.0136. The van der Waals surface area contributed by atoms with Crippen molar-refractivity contribution in [1.29, 1.82) is 0 Å². The van der Waals surface area contributed by atoms with Crippen LogP contribution in [0.15, 0.2) is 18.2 Å². The van der Waals surface area contributed by atoms with Crippen LogP contribution in [0.5, 0.6) is 5.75 Å². The molecule has 1 aromatic rings. The summed E-state index contributed by atoms with van der Waals surface area (Å²) in [5.41, 5.74) is 1.11. The molecule has 0 atom stereocenters. The van der Waals surface area contributed by atoms with E-state index < -0.39 is 0 Å². The number of halogens is 1. The Balaban J connectivity index is 2.17. The molecule has 1 amide bonds. The van der Waals surface area contributed by atoms with Gasteiger partial charge in [-0.05, 0) is 31.4 Å². The maximum Gasteiger partial charge on any atom is 0.257 e. The minimum absolute atomic E-state index is 0.0884. The molecule has 0 unspecified atom stereocenters. The molecule has 1 aliphatic heterocycles. The minimum atomic E-state index is -0.102. The zero-order valence-corrected chi connectivity index (χ0v) is 10.6. The SMILES string of the molecule is Cc1cccc(C(=O)N2CCC(Cl)CC2)c1O. The van der Waals surface area contributed by atoms with Crippen molar-refractivity contribution < 1.29 is 9.90 Å². The molecule has 4 heteroatoms. The second-order valence-electron chi connectivity index (χ2n) is 4.44. The van der Waals surface area contributed by atoms with Gasteiger partial charge in [0, 0.05) is 18.5 Å². The third-order valence-electron chi connectivity index (χ3n) is 3.18. The van der Waals surface area contributed by atoms with Crippen LogP contribution in [-0.4, -0.2) is 34.4 Å². The van der Waals surface area contributed by atoms with Crippen molar-refractivity contribution in [3.05, 3.63) is 29.3 Å². The molecule has 1 aromatic carbocycles. The Bertz CT molecular complexity index is 425. The van der Waals surface area contributed by atoms with Crippen molar-refractivity contribution in [1.82, 2.24) is 4.90 Å². The number of hydrogen-bond donors (Lipinski definition) is 1. The van der Waals surface area contributed by atoms with E-state index in [1.54, 1.807) is 30.0 Å². The maximum atomic E-state index is 12.2. The van der Waals surface area contributed by atoms with E-state index in [1.807, 2.05) is 0 Å². The quantitative estimate of drug-likeness (QED) is 0.782. The number of rotatable bonds is 1. The lowest BCUT2D eigenvalue weighted by molar-refractivity contribution is 0.0723. The molecule has 0 aromatic heterocycles. The number of likely N-dealkylation sites (tertiary alicyclic amines) is 1. The van der Waals surface area contributed by atoms with E-state index in [9.17, 15) is 9.90 Å². The van der Waals surface area contributed by atoms with E-state index in [0.29, 0.717) is 18.7 Å². The van der Waals surface area contributed by atoms with E-state index in [2.05, 4.69) is 0 Å². The molecule has 2 rings (SSSR count). The minimum Gasteiger partial charge on any atom is -0.507 e. The van der Waals surface area contributed by atoms with Gasteiger partial charge in [-0.3, -0.25) is 4.79 Å². The molecule has 0 bridgehead atoms. The highest BCUT2D eigenvalue weighted by atomic mass is 35.5. The van der Waals surface area contributed by atoms with Crippen molar-refractivity contribution in [2.45, 2.75) is 25.1 Å². The summed E-state index contributed by atoms with van der Waals surface area (Å²) in [7, 11) is 0. The maximum absolute atomic E-state index is 12.2. The number of carbonyl (C=O) groups excluding carboxylic acids is 1. The highest BCUT2D eigenvalue weighted by Gasteiger charge is 2.24. The Morgan fingerprint density at radius 1 is 1.41 bits per heavy atom. The van der Waals surface area contributed by atoms with E-state index in [4.69, 9.17) is 11.6 Å². The number of alkyl halides is 1. The number of hydrogen-bond acceptors (Lipinski definition) is 2. The fraction of sp³-hybridized carbons (Fsp3) is 0.462. The average Bonchev–Trinajstić information content (AvgIpc) is 2.33. The van der Waals surface area contributed by atoms with Crippen LogP contribution in [-0.2, 0) is 0 Å². The number of para-hydroxylation sites is 1. The molecule has 1 N–H and O–H groups in total. The molecule has 1 saturated heterocycles. The van der Waals surface area contributed by atoms with Crippen LogP contribution in [0.3, 0.4) is 0 Å². The lowest BCUT2D eigenvalue weighted by Gasteiger charge is -2.29. The molecule has 17 heavy (non-hydrogen) atoms. The van der Waals surface area contributed by atoms with Crippen LogP contribution in [0.1, 0.15) is 28.8 Å². The van der Waals surface area contributed by atoms with Gasteiger partial charge in [-0.15, -0.1) is 11.6 Å². The third-order valence-corrected chi connectivity index (χ3v) is 3.62. The van der Waals surface area contributed by atoms with Gasteiger partial charge in [0.15, 0.2) is 0 Å². The molecule has 92 valence electrons. The first-order chi connectivity index (χ1) is 8.09. The Morgan fingerprint density at radius 3 is 2.71 bits per heavy atom. The number of aryl methyl sites for hydroxylation is 1. The van der Waals surface area contributed by atoms with Gasteiger partial charge in [0.05, 0.1) is 5.56 Å². The van der Waals surface area contributed by atoms with Crippen LogP contribution in [0.2, 0.25) is 0 Å². The summed E-state index contributed by atoms with van der Waals surface area (Å²) in [6, 6.07) is 5.24. The highest BCUT2D eigenvalue weighted by molar-refractivity contribution is 6.20. The Kier molecular flexibility index (Phi) is 3.57. The molecule has 1 aliphatic rings. The molecule has 0 spiro atoms. The summed E-state index contributed by atoms with van der Waals surface area (Å²) >= 11 is 6.00. The van der Waals surface area contributed by atoms with Gasteiger partial charge in [-0.1, -0.05) is 12.1 Å². The largest absolute Gasteiger partial charge is 0.507 e. The molecule has 0 radical (unpaired) electrons. The average molecular weight is 254 g/mol. The highest BCUT2D eigenvalue weighted by Crippen LogP contribution is 2.25. The van der Waals surface area contributed by atoms with E-state index >= 15 is 0 Å². The van der Waals surface area contributed by atoms with Crippen molar-refractivity contribution >= 4 is 17.5 Å². The monoisotopic (exact) mass is 253 g/mol. The third kappa shape index (κ3) is 2.55. The fourth-order valence-electron chi connectivity index (χ4n) is 2.05. The predicted molar refractivity (Wildman–Crippen MR) is 67.6 cm³/mol. The van der Waals surface area contributed by atoms with Crippen LogP contribution in [0.25, 0.3) is 0 Å². The van der Waals surface area contributed by atoms with Crippen LogP contribution in [0, 0.1) is 6.92 Å². The molecule has 0 aliphatic carbocycles. The summed E-state index contributed by atoms with van der Waals surface area (Å²) in [6.07, 6.45) is 1.64. The predicted octanol–water partition coefficient (Wildman–Crippen LogP) is 2.54. The van der Waals surface area contributed by atoms with Crippen molar-refractivity contribution in [2.24, 2.45) is 0 Å². The van der Waals surface area contributed by atoms with Crippen LogP contribution >= 0.6 is 11.6 Å². The van der Waals surface area contributed by atoms with Crippen LogP contribution in [0.4, 0.5) is 0 Å². The molecule has 1 fully saturated rings. The molecule has 3 nitrogen and oxygen atoms in total. The zero-order chi connectivity index (χ0) is 12.4.